The first-order valence-electron chi connectivity index (χ1n) is 13.8. The van der Waals surface area contributed by atoms with Crippen molar-refractivity contribution in [3.8, 4) is 0 Å². The SMILES string of the molecule is CCCCCCCC[C@@H](C/C=C/CCC(=O)N(C)C/C(=C\Cl)C/C(=C\C(=O)N1CC(OC)=CC1=O)OC)OC. The number of methoxy groups -OCH3 is 3. The number of halogens is 1. The molecule has 0 bridgehead atoms. The highest BCUT2D eigenvalue weighted by molar-refractivity contribution is 6.25. The molecule has 8 nitrogen and oxygen atoms in total. The van der Waals surface area contributed by atoms with Gasteiger partial charge in [0.25, 0.3) is 11.8 Å². The van der Waals surface area contributed by atoms with E-state index in [1.807, 2.05) is 6.08 Å². The second-order valence-corrected chi connectivity index (χ2v) is 9.96. The van der Waals surface area contributed by atoms with E-state index in [4.69, 9.17) is 25.8 Å². The molecule has 0 N–H and O–H groups in total. The molecule has 0 radical (unpaired) electrons. The summed E-state index contributed by atoms with van der Waals surface area (Å²) in [6.07, 6.45) is 17.7. The number of hydrogen-bond acceptors (Lipinski definition) is 6. The number of ether oxygens (including phenoxy) is 3. The normalized spacial score (nSPS) is 15.1. The summed E-state index contributed by atoms with van der Waals surface area (Å²) >= 11 is 6.02. The summed E-state index contributed by atoms with van der Waals surface area (Å²) in [5.74, 6) is -0.197. The van der Waals surface area contributed by atoms with E-state index in [-0.39, 0.29) is 25.0 Å². The van der Waals surface area contributed by atoms with Crippen molar-refractivity contribution in [1.82, 2.24) is 9.80 Å². The molecular weight excluding hydrogens is 520 g/mol. The summed E-state index contributed by atoms with van der Waals surface area (Å²) in [7, 11) is 6.37. The lowest BCUT2D eigenvalue weighted by Gasteiger charge is -2.19. The van der Waals surface area contributed by atoms with Crippen LogP contribution in [0.1, 0.15) is 77.6 Å². The van der Waals surface area contributed by atoms with Gasteiger partial charge in [0.05, 0.1) is 26.9 Å². The molecule has 0 aromatic rings. The smallest absolute Gasteiger partial charge is 0.257 e. The fraction of sp³-hybridized carbons (Fsp3) is 0.633. The largest absolute Gasteiger partial charge is 0.501 e. The lowest BCUT2D eigenvalue weighted by molar-refractivity contribution is -0.137. The molecule has 0 fully saturated rings. The molecule has 0 aromatic heterocycles. The summed E-state index contributed by atoms with van der Waals surface area (Å²) < 4.78 is 16.0. The Morgan fingerprint density at radius 3 is 2.46 bits per heavy atom. The highest BCUT2D eigenvalue weighted by Crippen LogP contribution is 2.18. The van der Waals surface area contributed by atoms with Gasteiger partial charge >= 0.3 is 0 Å². The van der Waals surface area contributed by atoms with Gasteiger partial charge in [-0.2, -0.15) is 0 Å². The van der Waals surface area contributed by atoms with Crippen LogP contribution in [-0.4, -0.2) is 75.1 Å². The predicted octanol–water partition coefficient (Wildman–Crippen LogP) is 5.88. The van der Waals surface area contributed by atoms with Crippen molar-refractivity contribution < 1.29 is 28.6 Å². The maximum Gasteiger partial charge on any atom is 0.257 e. The molecule has 39 heavy (non-hydrogen) atoms. The average Bonchev–Trinajstić information content (AvgIpc) is 3.32. The summed E-state index contributed by atoms with van der Waals surface area (Å²) in [5, 5.41) is 0. The Kier molecular flexibility index (Phi) is 18.0. The molecule has 0 spiro atoms. The number of imide groups is 1. The lowest BCUT2D eigenvalue weighted by Crippen LogP contribution is -2.32. The number of carbonyl (C=O) groups is 3. The molecule has 0 aliphatic carbocycles. The minimum atomic E-state index is -0.507. The number of unbranched alkanes of at least 4 members (excludes halogenated alkanes) is 5. The van der Waals surface area contributed by atoms with Gasteiger partial charge in [-0.1, -0.05) is 69.2 Å². The van der Waals surface area contributed by atoms with Gasteiger partial charge in [-0.05, 0) is 24.8 Å². The standard InChI is InChI=1S/C30H47ClN2O6/c1-6-7-8-9-10-12-15-25(37-3)16-13-11-14-17-28(34)32(2)22-24(21-31)18-26(38-4)19-29(35)33-23-27(39-5)20-30(33)36/h11,13,19-21,25H,6-10,12,14-18,22-23H2,1-5H3/b13-11+,24-21-,26-19+/t25-/m0/s1. The van der Waals surface area contributed by atoms with Crippen LogP contribution in [0.15, 0.2) is 46.9 Å². The Bertz CT molecular complexity index is 896. The molecule has 0 saturated heterocycles. The first-order valence-corrected chi connectivity index (χ1v) is 14.3. The minimum Gasteiger partial charge on any atom is -0.501 e. The number of allylic oxidation sites excluding steroid dienone is 2. The van der Waals surface area contributed by atoms with Crippen LogP contribution in [0.5, 0.6) is 0 Å². The molecular formula is C30H47ClN2O6. The third-order valence-electron chi connectivity index (χ3n) is 6.66. The average molecular weight is 567 g/mol. The van der Waals surface area contributed by atoms with Gasteiger partial charge in [-0.3, -0.25) is 19.3 Å². The molecule has 1 heterocycles. The van der Waals surface area contributed by atoms with E-state index in [0.29, 0.717) is 36.5 Å². The quantitative estimate of drug-likeness (QED) is 0.0792. The molecule has 3 amide bonds. The maximum atomic E-state index is 12.6. The Morgan fingerprint density at radius 1 is 1.13 bits per heavy atom. The van der Waals surface area contributed by atoms with Crippen LogP contribution in [-0.2, 0) is 28.6 Å². The van der Waals surface area contributed by atoms with Gasteiger partial charge in [0.15, 0.2) is 0 Å². The zero-order valence-electron chi connectivity index (χ0n) is 24.4. The van der Waals surface area contributed by atoms with Crippen molar-refractivity contribution in [1.29, 1.82) is 0 Å². The molecule has 0 saturated carbocycles. The lowest BCUT2D eigenvalue weighted by atomic mass is 10.0. The van der Waals surface area contributed by atoms with Gasteiger partial charge < -0.3 is 19.1 Å². The number of rotatable bonds is 20. The number of hydrogen-bond donors (Lipinski definition) is 0. The minimum absolute atomic E-state index is 0.00843. The fourth-order valence-corrected chi connectivity index (χ4v) is 4.34. The van der Waals surface area contributed by atoms with E-state index >= 15 is 0 Å². The van der Waals surface area contributed by atoms with Crippen molar-refractivity contribution in [2.75, 3.05) is 41.5 Å². The van der Waals surface area contributed by atoms with Crippen LogP contribution in [0.25, 0.3) is 0 Å². The van der Waals surface area contributed by atoms with Crippen molar-refractivity contribution >= 4 is 29.3 Å². The van der Waals surface area contributed by atoms with E-state index in [1.165, 1.54) is 70.4 Å². The zero-order valence-corrected chi connectivity index (χ0v) is 25.1. The zero-order chi connectivity index (χ0) is 29.0. The molecule has 0 unspecified atom stereocenters. The van der Waals surface area contributed by atoms with Gasteiger partial charge in [0.2, 0.25) is 5.91 Å². The highest BCUT2D eigenvalue weighted by atomic mass is 35.5. The summed E-state index contributed by atoms with van der Waals surface area (Å²) in [5.41, 5.74) is 2.09. The Labute approximate surface area is 239 Å². The van der Waals surface area contributed by atoms with Crippen molar-refractivity contribution in [3.05, 3.63) is 46.9 Å². The Hall–Kier alpha value is -2.58. The third-order valence-corrected chi connectivity index (χ3v) is 6.97. The topological polar surface area (TPSA) is 85.4 Å². The van der Waals surface area contributed by atoms with Gasteiger partial charge in [-0.15, -0.1) is 0 Å². The number of amides is 3. The van der Waals surface area contributed by atoms with E-state index < -0.39 is 11.8 Å². The number of carbonyl (C=O) groups excluding carboxylic acids is 3. The van der Waals surface area contributed by atoms with Gasteiger partial charge in [-0.25, -0.2) is 0 Å². The molecule has 1 aliphatic rings. The molecule has 1 atom stereocenters. The predicted molar refractivity (Wildman–Crippen MR) is 155 cm³/mol. The maximum absolute atomic E-state index is 12.6. The second kappa shape index (κ2) is 20.3. The summed E-state index contributed by atoms with van der Waals surface area (Å²) in [6, 6.07) is 0. The summed E-state index contributed by atoms with van der Waals surface area (Å²) in [4.78, 5) is 39.9. The van der Waals surface area contributed by atoms with E-state index in [1.54, 1.807) is 19.1 Å². The molecule has 9 heteroatoms. The number of likely N-dealkylation sites (N-methyl/N-ethyl adjacent to an activating group) is 1. The Balaban J connectivity index is 2.44. The van der Waals surface area contributed by atoms with Crippen molar-refractivity contribution in [2.45, 2.75) is 83.7 Å². The van der Waals surface area contributed by atoms with E-state index in [0.717, 1.165) is 17.7 Å². The molecule has 0 aromatic carbocycles. The van der Waals surface area contributed by atoms with Crippen molar-refractivity contribution in [3.63, 3.8) is 0 Å². The molecule has 1 rings (SSSR count). The first kappa shape index (κ1) is 34.4. The van der Waals surface area contributed by atoms with E-state index in [9.17, 15) is 14.4 Å². The van der Waals surface area contributed by atoms with Crippen LogP contribution in [0.2, 0.25) is 0 Å². The third kappa shape index (κ3) is 13.9. The van der Waals surface area contributed by atoms with Crippen LogP contribution in [0, 0.1) is 0 Å². The van der Waals surface area contributed by atoms with Crippen LogP contribution >= 0.6 is 11.6 Å². The second-order valence-electron chi connectivity index (χ2n) is 9.75. The van der Waals surface area contributed by atoms with Crippen LogP contribution < -0.4 is 0 Å². The highest BCUT2D eigenvalue weighted by Gasteiger charge is 2.27. The molecule has 220 valence electrons. The first-order chi connectivity index (χ1) is 18.8. The monoisotopic (exact) mass is 566 g/mol. The summed E-state index contributed by atoms with van der Waals surface area (Å²) in [6.45, 7) is 2.60. The fourth-order valence-electron chi connectivity index (χ4n) is 4.20. The van der Waals surface area contributed by atoms with Gasteiger partial charge in [0, 0.05) is 51.2 Å². The Morgan fingerprint density at radius 2 is 1.85 bits per heavy atom. The number of nitrogens with zero attached hydrogens (tertiary/aromatic N) is 2. The van der Waals surface area contributed by atoms with E-state index in [2.05, 4.69) is 13.0 Å². The van der Waals surface area contributed by atoms with Crippen LogP contribution in [0.4, 0.5) is 0 Å². The van der Waals surface area contributed by atoms with Crippen LogP contribution in [0.3, 0.4) is 0 Å². The van der Waals surface area contributed by atoms with Crippen molar-refractivity contribution in [2.24, 2.45) is 0 Å². The molecule has 1 aliphatic heterocycles. The van der Waals surface area contributed by atoms with Gasteiger partial charge in [0.1, 0.15) is 11.5 Å².